The number of hydrogen-bond donors (Lipinski definition) is 2. The first kappa shape index (κ1) is 12.5. The third kappa shape index (κ3) is 2.65. The van der Waals surface area contributed by atoms with E-state index in [2.05, 4.69) is 5.32 Å². The van der Waals surface area contributed by atoms with Gasteiger partial charge in [-0.05, 0) is 42.8 Å². The Balaban J connectivity index is 2.34. The van der Waals surface area contributed by atoms with Gasteiger partial charge in [0.15, 0.2) is 0 Å². The molecule has 0 aliphatic heterocycles. The second-order valence-electron chi connectivity index (χ2n) is 4.20. The van der Waals surface area contributed by atoms with Crippen molar-refractivity contribution in [3.8, 4) is 12.1 Å². The lowest BCUT2D eigenvalue weighted by Gasteiger charge is -2.10. The van der Waals surface area contributed by atoms with Crippen LogP contribution in [0.2, 0.25) is 0 Å². The fourth-order valence-corrected chi connectivity index (χ4v) is 1.76. The summed E-state index contributed by atoms with van der Waals surface area (Å²) in [7, 11) is 0. The average molecular weight is 248 g/mol. The molecule has 0 aromatic heterocycles. The van der Waals surface area contributed by atoms with Crippen LogP contribution < -0.4 is 11.1 Å². The lowest BCUT2D eigenvalue weighted by molar-refractivity contribution is 1.42. The molecule has 2 aromatic carbocycles. The first-order valence-corrected chi connectivity index (χ1v) is 5.71. The van der Waals surface area contributed by atoms with E-state index in [1.807, 2.05) is 37.3 Å². The molecule has 92 valence electrons. The van der Waals surface area contributed by atoms with E-state index in [4.69, 9.17) is 16.3 Å². The number of nitrogens with zero attached hydrogens (tertiary/aromatic N) is 2. The summed E-state index contributed by atoms with van der Waals surface area (Å²) in [6.07, 6.45) is 0. The zero-order valence-electron chi connectivity index (χ0n) is 10.4. The summed E-state index contributed by atoms with van der Waals surface area (Å²) in [6.45, 7) is 1.97. The van der Waals surface area contributed by atoms with Crippen LogP contribution in [0.15, 0.2) is 36.4 Å². The van der Waals surface area contributed by atoms with Crippen LogP contribution in [0.25, 0.3) is 0 Å². The van der Waals surface area contributed by atoms with Crippen molar-refractivity contribution in [1.82, 2.24) is 0 Å². The van der Waals surface area contributed by atoms with Crippen LogP contribution in [0.1, 0.15) is 16.7 Å². The topological polar surface area (TPSA) is 85.6 Å². The first-order chi connectivity index (χ1) is 9.13. The van der Waals surface area contributed by atoms with E-state index in [-0.39, 0.29) is 0 Å². The van der Waals surface area contributed by atoms with Crippen molar-refractivity contribution >= 4 is 17.1 Å². The maximum absolute atomic E-state index is 8.98. The standard InChI is InChI=1S/C15H12N4/c1-10-2-5-15(14(18)6-10)19-13-4-3-11(8-16)12(7-13)9-17/h2-7,19H,18H2,1H3. The molecule has 0 amide bonds. The highest BCUT2D eigenvalue weighted by Gasteiger charge is 2.04. The summed E-state index contributed by atoms with van der Waals surface area (Å²) in [6, 6.07) is 14.7. The number of nitrogens with two attached hydrogens (primary N) is 1. The van der Waals surface area contributed by atoms with Crippen molar-refractivity contribution in [2.75, 3.05) is 11.1 Å². The number of rotatable bonds is 2. The summed E-state index contributed by atoms with van der Waals surface area (Å²) in [4.78, 5) is 0. The van der Waals surface area contributed by atoms with Gasteiger partial charge in [-0.15, -0.1) is 0 Å². The van der Waals surface area contributed by atoms with Crippen molar-refractivity contribution in [1.29, 1.82) is 10.5 Å². The van der Waals surface area contributed by atoms with E-state index < -0.39 is 0 Å². The Bertz CT molecular complexity index is 705. The van der Waals surface area contributed by atoms with Crippen LogP contribution >= 0.6 is 0 Å². The molecule has 0 saturated heterocycles. The van der Waals surface area contributed by atoms with E-state index in [1.54, 1.807) is 18.2 Å². The van der Waals surface area contributed by atoms with Crippen molar-refractivity contribution in [3.05, 3.63) is 53.1 Å². The van der Waals surface area contributed by atoms with Gasteiger partial charge < -0.3 is 11.1 Å². The highest BCUT2D eigenvalue weighted by molar-refractivity contribution is 5.74. The monoisotopic (exact) mass is 248 g/mol. The highest BCUT2D eigenvalue weighted by Crippen LogP contribution is 2.25. The SMILES string of the molecule is Cc1ccc(Nc2ccc(C#N)c(C#N)c2)c(N)c1. The van der Waals surface area contributed by atoms with Gasteiger partial charge >= 0.3 is 0 Å². The molecule has 0 aliphatic carbocycles. The lowest BCUT2D eigenvalue weighted by atomic mass is 10.1. The molecule has 3 N–H and O–H groups in total. The van der Waals surface area contributed by atoms with E-state index in [9.17, 15) is 0 Å². The highest BCUT2D eigenvalue weighted by atomic mass is 14.9. The minimum Gasteiger partial charge on any atom is -0.397 e. The fraction of sp³-hybridized carbons (Fsp3) is 0.0667. The maximum Gasteiger partial charge on any atom is 0.101 e. The third-order valence-electron chi connectivity index (χ3n) is 2.75. The van der Waals surface area contributed by atoms with E-state index in [0.29, 0.717) is 16.8 Å². The number of nitrogen functional groups attached to an aromatic ring is 1. The molecule has 0 saturated carbocycles. The van der Waals surface area contributed by atoms with Crippen molar-refractivity contribution in [2.24, 2.45) is 0 Å². The second kappa shape index (κ2) is 5.12. The summed E-state index contributed by atoms with van der Waals surface area (Å²) in [5.74, 6) is 0. The van der Waals surface area contributed by atoms with Crippen molar-refractivity contribution in [3.63, 3.8) is 0 Å². The van der Waals surface area contributed by atoms with E-state index >= 15 is 0 Å². The minimum atomic E-state index is 0.346. The van der Waals surface area contributed by atoms with Gasteiger partial charge in [-0.1, -0.05) is 6.07 Å². The Hall–Kier alpha value is -2.98. The van der Waals surface area contributed by atoms with Crippen LogP contribution in [-0.2, 0) is 0 Å². The summed E-state index contributed by atoms with van der Waals surface area (Å²) < 4.78 is 0. The van der Waals surface area contributed by atoms with Gasteiger partial charge in [0.2, 0.25) is 0 Å². The van der Waals surface area contributed by atoms with Crippen LogP contribution in [-0.4, -0.2) is 0 Å². The minimum absolute atomic E-state index is 0.346. The molecule has 0 spiro atoms. The van der Waals surface area contributed by atoms with E-state index in [1.165, 1.54) is 0 Å². The molecule has 0 heterocycles. The number of anilines is 3. The summed E-state index contributed by atoms with van der Waals surface area (Å²) in [5, 5.41) is 21.0. The molecule has 19 heavy (non-hydrogen) atoms. The Labute approximate surface area is 111 Å². The molecule has 4 nitrogen and oxygen atoms in total. The molecule has 0 fully saturated rings. The number of benzene rings is 2. The predicted molar refractivity (Wildman–Crippen MR) is 74.7 cm³/mol. The maximum atomic E-state index is 8.98. The van der Waals surface area contributed by atoms with Crippen LogP contribution in [0.3, 0.4) is 0 Å². The van der Waals surface area contributed by atoms with Gasteiger partial charge in [0.1, 0.15) is 12.1 Å². The Morgan fingerprint density at radius 3 is 2.37 bits per heavy atom. The second-order valence-corrected chi connectivity index (χ2v) is 4.20. The Kier molecular flexibility index (Phi) is 3.36. The lowest BCUT2D eigenvalue weighted by Crippen LogP contribution is -1.97. The molecular weight excluding hydrogens is 236 g/mol. The molecule has 0 atom stereocenters. The number of aryl methyl sites for hydroxylation is 1. The quantitative estimate of drug-likeness (QED) is 0.800. The van der Waals surface area contributed by atoms with Crippen LogP contribution in [0.5, 0.6) is 0 Å². The van der Waals surface area contributed by atoms with Gasteiger partial charge in [-0.25, -0.2) is 0 Å². The van der Waals surface area contributed by atoms with Crippen molar-refractivity contribution in [2.45, 2.75) is 6.92 Å². The number of nitriles is 2. The van der Waals surface area contributed by atoms with Crippen molar-refractivity contribution < 1.29 is 0 Å². The first-order valence-electron chi connectivity index (χ1n) is 5.71. The zero-order chi connectivity index (χ0) is 13.8. The fourth-order valence-electron chi connectivity index (χ4n) is 1.76. The van der Waals surface area contributed by atoms with Gasteiger partial charge in [-0.3, -0.25) is 0 Å². The zero-order valence-corrected chi connectivity index (χ0v) is 10.4. The molecule has 2 rings (SSSR count). The smallest absolute Gasteiger partial charge is 0.101 e. The molecule has 0 aliphatic rings. The Morgan fingerprint density at radius 2 is 1.74 bits per heavy atom. The summed E-state index contributed by atoms with van der Waals surface area (Å²) in [5.41, 5.74) is 9.86. The van der Waals surface area contributed by atoms with Gasteiger partial charge in [0.25, 0.3) is 0 Å². The normalized spacial score (nSPS) is 9.42. The van der Waals surface area contributed by atoms with Gasteiger partial charge in [-0.2, -0.15) is 10.5 Å². The predicted octanol–water partition coefficient (Wildman–Crippen LogP) is 3.06. The molecular formula is C15H12N4. The number of nitrogens with one attached hydrogen (secondary N) is 1. The van der Waals surface area contributed by atoms with Gasteiger partial charge in [0, 0.05) is 5.69 Å². The molecule has 0 bridgehead atoms. The molecule has 2 aromatic rings. The number of hydrogen-bond acceptors (Lipinski definition) is 4. The largest absolute Gasteiger partial charge is 0.397 e. The average Bonchev–Trinajstić information content (AvgIpc) is 2.41. The van der Waals surface area contributed by atoms with E-state index in [0.717, 1.165) is 16.9 Å². The molecule has 0 unspecified atom stereocenters. The Morgan fingerprint density at radius 1 is 1.00 bits per heavy atom. The van der Waals surface area contributed by atoms with Gasteiger partial charge in [0.05, 0.1) is 22.5 Å². The van der Waals surface area contributed by atoms with Crippen LogP contribution in [0, 0.1) is 29.6 Å². The molecule has 0 radical (unpaired) electrons. The summed E-state index contributed by atoms with van der Waals surface area (Å²) >= 11 is 0. The van der Waals surface area contributed by atoms with Crippen LogP contribution in [0.4, 0.5) is 17.1 Å². The molecule has 4 heteroatoms. The third-order valence-corrected chi connectivity index (χ3v) is 2.75.